The number of carbonyl (C=O) groups excluding carboxylic acids is 1. The molecule has 0 bridgehead atoms. The average molecular weight is 156 g/mol. The first-order valence-corrected chi connectivity index (χ1v) is 3.30. The van der Waals surface area contributed by atoms with Crippen LogP contribution in [0.5, 0.6) is 0 Å². The van der Waals surface area contributed by atoms with Crippen LogP contribution >= 0.6 is 0 Å². The van der Waals surface area contributed by atoms with E-state index in [9.17, 15) is 4.79 Å². The van der Waals surface area contributed by atoms with Crippen LogP contribution in [0.15, 0.2) is 0 Å². The van der Waals surface area contributed by atoms with Gasteiger partial charge >= 0.3 is 0 Å². The van der Waals surface area contributed by atoms with Crippen molar-refractivity contribution in [2.24, 2.45) is 5.92 Å². The van der Waals surface area contributed by atoms with Crippen LogP contribution < -0.4 is 0 Å². The third-order valence-electron chi connectivity index (χ3n) is 2.01. The Morgan fingerprint density at radius 2 is 1.91 bits per heavy atom. The molecule has 1 aliphatic rings. The molecular weight excluding hydrogens is 147 g/mol. The van der Waals surface area contributed by atoms with Gasteiger partial charge in [0, 0.05) is 12.3 Å². The Morgan fingerprint density at radius 3 is 2.09 bits per heavy atom. The van der Waals surface area contributed by atoms with E-state index in [1.54, 1.807) is 0 Å². The quantitative estimate of drug-likeness (QED) is 0.236. The predicted octanol–water partition coefficient (Wildman–Crippen LogP) is -1.87. The lowest BCUT2D eigenvalue weighted by atomic mass is 9.76. The molecule has 0 aromatic rings. The van der Waals surface area contributed by atoms with E-state index in [4.69, 9.17) is 23.2 Å². The summed E-state index contributed by atoms with van der Waals surface area (Å²) in [5.41, 5.74) is -2.06. The first-order chi connectivity index (χ1) is 4.89. The molecule has 0 aromatic carbocycles. The zero-order valence-electron chi connectivity index (χ0n) is 5.90. The van der Waals surface area contributed by atoms with E-state index in [1.165, 1.54) is 0 Å². The molecule has 0 aromatic heterocycles. The van der Waals surface area contributed by atoms with Gasteiger partial charge in [0.1, 0.15) is 14.1 Å². The van der Waals surface area contributed by atoms with Crippen LogP contribution in [0.4, 0.5) is 0 Å². The first-order valence-electron chi connectivity index (χ1n) is 3.30. The van der Waals surface area contributed by atoms with Crippen molar-refractivity contribution in [3.8, 4) is 0 Å². The summed E-state index contributed by atoms with van der Waals surface area (Å²) in [6, 6.07) is 0. The van der Waals surface area contributed by atoms with Crippen molar-refractivity contribution in [2.45, 2.75) is 24.1 Å². The van der Waals surface area contributed by atoms with E-state index >= 15 is 0 Å². The predicted molar refractivity (Wildman–Crippen MR) is 36.7 cm³/mol. The first kappa shape index (κ1) is 8.71. The minimum absolute atomic E-state index is 0.108. The molecule has 2 unspecified atom stereocenters. The maximum atomic E-state index is 10.2. The van der Waals surface area contributed by atoms with Crippen molar-refractivity contribution in [3.05, 3.63) is 0 Å². The van der Waals surface area contributed by atoms with Gasteiger partial charge in [-0.3, -0.25) is 0 Å². The highest BCUT2D eigenvalue weighted by molar-refractivity contribution is 6.15. The Balaban J connectivity index is 2.79. The molecule has 5 heteroatoms. The standard InChI is InChI=1S/C6H9BO4/c7-5(9)1-4(3-8)2-6(5,10)11/h3-4,9-11H,1-2H2. The largest absolute Gasteiger partial charge is 0.394 e. The molecule has 11 heavy (non-hydrogen) atoms. The summed E-state index contributed by atoms with van der Waals surface area (Å²) < 4.78 is 0. The highest BCUT2D eigenvalue weighted by Crippen LogP contribution is 2.38. The van der Waals surface area contributed by atoms with Crippen molar-refractivity contribution in [1.29, 1.82) is 0 Å². The molecule has 0 saturated heterocycles. The molecule has 1 aliphatic carbocycles. The lowest BCUT2D eigenvalue weighted by molar-refractivity contribution is -0.226. The van der Waals surface area contributed by atoms with Crippen LogP contribution in [0.1, 0.15) is 12.8 Å². The van der Waals surface area contributed by atoms with Gasteiger partial charge in [-0.25, -0.2) is 0 Å². The second-order valence-electron chi connectivity index (χ2n) is 3.05. The lowest BCUT2D eigenvalue weighted by Crippen LogP contribution is -2.50. The summed E-state index contributed by atoms with van der Waals surface area (Å²) in [5.74, 6) is -2.90. The van der Waals surface area contributed by atoms with Gasteiger partial charge in [0.25, 0.3) is 0 Å². The summed E-state index contributed by atoms with van der Waals surface area (Å²) in [6.07, 6.45) is 0.249. The summed E-state index contributed by atoms with van der Waals surface area (Å²) in [6.45, 7) is 0. The van der Waals surface area contributed by atoms with Crippen molar-refractivity contribution in [2.75, 3.05) is 0 Å². The van der Waals surface area contributed by atoms with E-state index in [0.717, 1.165) is 0 Å². The van der Waals surface area contributed by atoms with Gasteiger partial charge in [0.2, 0.25) is 0 Å². The average Bonchev–Trinajstić information content (AvgIpc) is 2.03. The molecule has 60 valence electrons. The van der Waals surface area contributed by atoms with Gasteiger partial charge in [-0.15, -0.1) is 0 Å². The molecular formula is C6H9BO4. The van der Waals surface area contributed by atoms with Gasteiger partial charge in [0.05, 0.1) is 5.50 Å². The highest BCUT2D eigenvalue weighted by atomic mass is 16.5. The van der Waals surface area contributed by atoms with Crippen LogP contribution in [0.2, 0.25) is 0 Å². The summed E-state index contributed by atoms with van der Waals surface area (Å²) in [5, 5.41) is 27.2. The topological polar surface area (TPSA) is 77.8 Å². The second-order valence-corrected chi connectivity index (χ2v) is 3.05. The Bertz CT molecular complexity index is 161. The van der Waals surface area contributed by atoms with Crippen LogP contribution in [-0.4, -0.2) is 40.7 Å². The van der Waals surface area contributed by atoms with Crippen molar-refractivity contribution >= 4 is 14.1 Å². The zero-order chi connectivity index (χ0) is 8.70. The Morgan fingerprint density at radius 1 is 1.36 bits per heavy atom. The molecule has 2 radical (unpaired) electrons. The zero-order valence-corrected chi connectivity index (χ0v) is 5.90. The van der Waals surface area contributed by atoms with E-state index < -0.39 is 17.2 Å². The van der Waals surface area contributed by atoms with Crippen LogP contribution in [0.3, 0.4) is 0 Å². The van der Waals surface area contributed by atoms with Gasteiger partial charge in [0.15, 0.2) is 5.79 Å². The molecule has 0 amide bonds. The molecule has 4 nitrogen and oxygen atoms in total. The molecule has 1 rings (SSSR count). The lowest BCUT2D eigenvalue weighted by Gasteiger charge is -2.29. The normalized spacial score (nSPS) is 42.3. The van der Waals surface area contributed by atoms with Crippen molar-refractivity contribution < 1.29 is 20.1 Å². The van der Waals surface area contributed by atoms with Gasteiger partial charge < -0.3 is 20.1 Å². The molecule has 0 aliphatic heterocycles. The summed E-state index contributed by atoms with van der Waals surface area (Å²) >= 11 is 0. The molecule has 3 N–H and O–H groups in total. The van der Waals surface area contributed by atoms with E-state index in [1.807, 2.05) is 0 Å². The van der Waals surface area contributed by atoms with Crippen molar-refractivity contribution in [3.63, 3.8) is 0 Å². The molecule has 0 spiro atoms. The minimum Gasteiger partial charge on any atom is -0.394 e. The third kappa shape index (κ3) is 1.31. The minimum atomic E-state index is -2.33. The maximum Gasteiger partial charge on any atom is 0.183 e. The van der Waals surface area contributed by atoms with Crippen molar-refractivity contribution in [1.82, 2.24) is 0 Å². The molecule has 1 saturated carbocycles. The number of aldehydes is 1. The van der Waals surface area contributed by atoms with E-state index in [2.05, 4.69) is 0 Å². The summed E-state index contributed by atoms with van der Waals surface area (Å²) in [4.78, 5) is 10.2. The fourth-order valence-corrected chi connectivity index (χ4v) is 1.27. The second kappa shape index (κ2) is 2.30. The number of hydrogen-bond acceptors (Lipinski definition) is 4. The SMILES string of the molecule is [B]C1(O)CC(C=O)CC1(O)O. The smallest absolute Gasteiger partial charge is 0.183 e. The van der Waals surface area contributed by atoms with E-state index in [0.29, 0.717) is 6.29 Å². The fourth-order valence-electron chi connectivity index (χ4n) is 1.27. The maximum absolute atomic E-state index is 10.2. The van der Waals surface area contributed by atoms with Gasteiger partial charge in [-0.05, 0) is 6.42 Å². The number of rotatable bonds is 1. The number of carbonyl (C=O) groups is 1. The van der Waals surface area contributed by atoms with Crippen LogP contribution in [-0.2, 0) is 4.79 Å². The Hall–Kier alpha value is -0.385. The number of hydrogen-bond donors (Lipinski definition) is 3. The summed E-state index contributed by atoms with van der Waals surface area (Å²) in [7, 11) is 5.12. The molecule has 0 heterocycles. The number of aliphatic hydroxyl groups is 3. The van der Waals surface area contributed by atoms with Crippen LogP contribution in [0, 0.1) is 5.92 Å². The van der Waals surface area contributed by atoms with Crippen LogP contribution in [0.25, 0.3) is 0 Å². The third-order valence-corrected chi connectivity index (χ3v) is 2.01. The monoisotopic (exact) mass is 156 g/mol. The highest BCUT2D eigenvalue weighted by Gasteiger charge is 2.52. The van der Waals surface area contributed by atoms with E-state index in [-0.39, 0.29) is 12.8 Å². The van der Waals surface area contributed by atoms with Gasteiger partial charge in [-0.2, -0.15) is 0 Å². The van der Waals surface area contributed by atoms with Gasteiger partial charge in [-0.1, -0.05) is 0 Å². The Labute approximate surface area is 65.3 Å². The molecule has 1 fully saturated rings. The molecule has 2 atom stereocenters. The fraction of sp³-hybridized carbons (Fsp3) is 0.833. The Kier molecular flexibility index (Phi) is 1.82.